The van der Waals surface area contributed by atoms with E-state index in [1.54, 1.807) is 43.5 Å². The van der Waals surface area contributed by atoms with Crippen molar-refractivity contribution in [2.75, 3.05) is 12.8 Å². The normalized spacial score (nSPS) is 10.1. The van der Waals surface area contributed by atoms with Crippen molar-refractivity contribution in [3.8, 4) is 29.0 Å². The fourth-order valence-corrected chi connectivity index (χ4v) is 3.55. The quantitative estimate of drug-likeness (QED) is 0.679. The van der Waals surface area contributed by atoms with Gasteiger partial charge in [-0.25, -0.2) is 4.98 Å². The molecule has 3 aromatic rings. The second kappa shape index (κ2) is 8.01. The van der Waals surface area contributed by atoms with Gasteiger partial charge in [-0.3, -0.25) is 0 Å². The van der Waals surface area contributed by atoms with Crippen LogP contribution in [0.25, 0.3) is 11.1 Å². The number of halogens is 1. The van der Waals surface area contributed by atoms with Crippen LogP contribution in [-0.2, 0) is 0 Å². The standard InChI is InChI=1S/C20H13ClN4OS/c1-26-14-6-2-12(3-7-14)18-16(10-22)19(24)25-20(17(18)11-23)27-15-8-4-13(21)5-9-15/h2-9H,1H3,(H2,24,25). The third-order valence-corrected chi connectivity index (χ3v) is 5.07. The fourth-order valence-electron chi connectivity index (χ4n) is 2.53. The van der Waals surface area contributed by atoms with Gasteiger partial charge in [0.05, 0.1) is 12.7 Å². The van der Waals surface area contributed by atoms with E-state index in [0.29, 0.717) is 32.5 Å². The Labute approximate surface area is 166 Å². The van der Waals surface area contributed by atoms with Crippen LogP contribution in [0.2, 0.25) is 5.02 Å². The lowest BCUT2D eigenvalue weighted by Crippen LogP contribution is -2.03. The number of rotatable bonds is 4. The Balaban J connectivity index is 2.18. The summed E-state index contributed by atoms with van der Waals surface area (Å²) >= 11 is 7.22. The number of nitriles is 2. The van der Waals surface area contributed by atoms with E-state index in [9.17, 15) is 10.5 Å². The molecule has 0 aliphatic carbocycles. The van der Waals surface area contributed by atoms with Crippen molar-refractivity contribution in [1.82, 2.24) is 4.98 Å². The van der Waals surface area contributed by atoms with Crippen molar-refractivity contribution in [3.63, 3.8) is 0 Å². The molecule has 0 radical (unpaired) electrons. The minimum Gasteiger partial charge on any atom is -0.497 e. The van der Waals surface area contributed by atoms with Crippen molar-refractivity contribution in [2.45, 2.75) is 9.92 Å². The van der Waals surface area contributed by atoms with Gasteiger partial charge in [0, 0.05) is 15.5 Å². The molecule has 0 aliphatic heterocycles. The monoisotopic (exact) mass is 392 g/mol. The molecule has 1 aromatic heterocycles. The van der Waals surface area contributed by atoms with E-state index in [4.69, 9.17) is 22.1 Å². The molecule has 0 amide bonds. The van der Waals surface area contributed by atoms with Crippen molar-refractivity contribution in [3.05, 3.63) is 64.7 Å². The summed E-state index contributed by atoms with van der Waals surface area (Å²) in [6, 6.07) is 18.5. The van der Waals surface area contributed by atoms with Crippen LogP contribution in [0, 0.1) is 22.7 Å². The van der Waals surface area contributed by atoms with Gasteiger partial charge in [-0.1, -0.05) is 35.5 Å². The van der Waals surface area contributed by atoms with E-state index in [-0.39, 0.29) is 11.4 Å². The van der Waals surface area contributed by atoms with Gasteiger partial charge in [-0.05, 0) is 42.0 Å². The third-order valence-electron chi connectivity index (χ3n) is 3.82. The highest BCUT2D eigenvalue weighted by molar-refractivity contribution is 7.99. The van der Waals surface area contributed by atoms with Gasteiger partial charge in [-0.15, -0.1) is 0 Å². The van der Waals surface area contributed by atoms with E-state index < -0.39 is 0 Å². The Hall–Kier alpha value is -3.19. The number of benzene rings is 2. The number of ether oxygens (including phenoxy) is 1. The van der Waals surface area contributed by atoms with Gasteiger partial charge >= 0.3 is 0 Å². The number of nitrogen functional groups attached to an aromatic ring is 1. The Morgan fingerprint density at radius 1 is 1.00 bits per heavy atom. The highest BCUT2D eigenvalue weighted by Crippen LogP contribution is 2.38. The van der Waals surface area contributed by atoms with E-state index in [1.165, 1.54) is 11.8 Å². The molecule has 0 bridgehead atoms. The molecule has 0 atom stereocenters. The zero-order valence-electron chi connectivity index (χ0n) is 14.2. The molecule has 3 rings (SSSR count). The van der Waals surface area contributed by atoms with E-state index >= 15 is 0 Å². The molecular weight excluding hydrogens is 380 g/mol. The molecular formula is C20H13ClN4OS. The Morgan fingerprint density at radius 2 is 1.63 bits per heavy atom. The highest BCUT2D eigenvalue weighted by Gasteiger charge is 2.21. The van der Waals surface area contributed by atoms with Gasteiger partial charge in [-0.2, -0.15) is 10.5 Å². The molecule has 0 aliphatic rings. The molecule has 0 spiro atoms. The van der Waals surface area contributed by atoms with E-state index in [0.717, 1.165) is 4.90 Å². The maximum atomic E-state index is 9.79. The summed E-state index contributed by atoms with van der Waals surface area (Å²) in [7, 11) is 1.57. The van der Waals surface area contributed by atoms with E-state index in [1.807, 2.05) is 12.1 Å². The minimum absolute atomic E-state index is 0.0822. The molecule has 1 heterocycles. The highest BCUT2D eigenvalue weighted by atomic mass is 35.5. The summed E-state index contributed by atoms with van der Waals surface area (Å²) < 4.78 is 5.17. The predicted octanol–water partition coefficient (Wildman–Crippen LogP) is 4.89. The van der Waals surface area contributed by atoms with Gasteiger partial charge in [0.2, 0.25) is 0 Å². The smallest absolute Gasteiger partial charge is 0.143 e. The van der Waals surface area contributed by atoms with Gasteiger partial charge < -0.3 is 10.5 Å². The maximum Gasteiger partial charge on any atom is 0.143 e. The van der Waals surface area contributed by atoms with Crippen LogP contribution in [0.1, 0.15) is 11.1 Å². The van der Waals surface area contributed by atoms with E-state index in [2.05, 4.69) is 17.1 Å². The van der Waals surface area contributed by atoms with Crippen LogP contribution in [-0.4, -0.2) is 12.1 Å². The third kappa shape index (κ3) is 3.83. The zero-order valence-corrected chi connectivity index (χ0v) is 15.8. The molecule has 27 heavy (non-hydrogen) atoms. The summed E-state index contributed by atoms with van der Waals surface area (Å²) in [5, 5.41) is 20.4. The van der Waals surface area contributed by atoms with Gasteiger partial charge in [0.25, 0.3) is 0 Å². The molecule has 0 fully saturated rings. The number of anilines is 1. The first-order valence-corrected chi connectivity index (χ1v) is 8.98. The van der Waals surface area contributed by atoms with Crippen LogP contribution >= 0.6 is 23.4 Å². The topological polar surface area (TPSA) is 95.7 Å². The van der Waals surface area contributed by atoms with Crippen LogP contribution in [0.5, 0.6) is 5.75 Å². The predicted molar refractivity (Wildman–Crippen MR) is 106 cm³/mol. The summed E-state index contributed by atoms with van der Waals surface area (Å²) in [4.78, 5) is 5.15. The van der Waals surface area contributed by atoms with Crippen molar-refractivity contribution in [2.24, 2.45) is 0 Å². The zero-order chi connectivity index (χ0) is 19.4. The summed E-state index contributed by atoms with van der Waals surface area (Å²) in [6.07, 6.45) is 0. The minimum atomic E-state index is 0.0822. The molecule has 2 N–H and O–H groups in total. The Bertz CT molecular complexity index is 1070. The second-order valence-electron chi connectivity index (χ2n) is 5.44. The number of aromatic nitrogens is 1. The number of hydrogen-bond donors (Lipinski definition) is 1. The van der Waals surface area contributed by atoms with Crippen molar-refractivity contribution >= 4 is 29.2 Å². The first-order chi connectivity index (χ1) is 13.1. The number of nitrogens with zero attached hydrogens (tertiary/aromatic N) is 3. The SMILES string of the molecule is COc1ccc(-c2c(C#N)c(N)nc(Sc3ccc(Cl)cc3)c2C#N)cc1. The lowest BCUT2D eigenvalue weighted by molar-refractivity contribution is 0.415. The lowest BCUT2D eigenvalue weighted by atomic mass is 9.97. The molecule has 132 valence electrons. The van der Waals surface area contributed by atoms with Crippen LogP contribution in [0.4, 0.5) is 5.82 Å². The van der Waals surface area contributed by atoms with Crippen LogP contribution in [0.3, 0.4) is 0 Å². The van der Waals surface area contributed by atoms with Crippen molar-refractivity contribution in [1.29, 1.82) is 10.5 Å². The molecule has 0 saturated carbocycles. The Kier molecular flexibility index (Phi) is 5.52. The number of pyridine rings is 1. The van der Waals surface area contributed by atoms with Crippen LogP contribution < -0.4 is 10.5 Å². The maximum absolute atomic E-state index is 9.79. The van der Waals surface area contributed by atoms with Gasteiger partial charge in [0.15, 0.2) is 0 Å². The first-order valence-electron chi connectivity index (χ1n) is 7.79. The summed E-state index contributed by atoms with van der Waals surface area (Å²) in [5.74, 6) is 0.757. The number of nitrogens with two attached hydrogens (primary N) is 1. The van der Waals surface area contributed by atoms with Crippen LogP contribution in [0.15, 0.2) is 58.5 Å². The molecule has 7 heteroatoms. The average Bonchev–Trinajstić information content (AvgIpc) is 2.69. The molecule has 0 unspecified atom stereocenters. The summed E-state index contributed by atoms with van der Waals surface area (Å²) in [6.45, 7) is 0. The molecule has 0 saturated heterocycles. The second-order valence-corrected chi connectivity index (χ2v) is 6.93. The fraction of sp³-hybridized carbons (Fsp3) is 0.0500. The average molecular weight is 393 g/mol. The Morgan fingerprint density at radius 3 is 2.19 bits per heavy atom. The van der Waals surface area contributed by atoms with Gasteiger partial charge in [0.1, 0.15) is 34.3 Å². The number of hydrogen-bond acceptors (Lipinski definition) is 6. The molecule has 5 nitrogen and oxygen atoms in total. The lowest BCUT2D eigenvalue weighted by Gasteiger charge is -2.13. The number of methoxy groups -OCH3 is 1. The first kappa shape index (κ1) is 18.6. The summed E-state index contributed by atoms with van der Waals surface area (Å²) in [5.41, 5.74) is 7.66. The van der Waals surface area contributed by atoms with Crippen molar-refractivity contribution < 1.29 is 4.74 Å². The molecule has 2 aromatic carbocycles. The largest absolute Gasteiger partial charge is 0.497 e.